The Bertz CT molecular complexity index is 706. The van der Waals surface area contributed by atoms with Gasteiger partial charge in [-0.05, 0) is 36.8 Å². The van der Waals surface area contributed by atoms with Gasteiger partial charge in [-0.2, -0.15) is 0 Å². The van der Waals surface area contributed by atoms with Crippen LogP contribution in [0, 0.1) is 0 Å². The molecule has 0 aromatic heterocycles. The van der Waals surface area contributed by atoms with Gasteiger partial charge in [-0.15, -0.1) is 0 Å². The van der Waals surface area contributed by atoms with Crippen molar-refractivity contribution >= 4 is 0 Å². The predicted molar refractivity (Wildman–Crippen MR) is 132 cm³/mol. The summed E-state index contributed by atoms with van der Waals surface area (Å²) in [6.07, 6.45) is 6.35. The van der Waals surface area contributed by atoms with E-state index >= 15 is 0 Å². The largest absolute Gasteiger partial charge is 0.499 e. The first-order valence-electron chi connectivity index (χ1n) is 12.2. The maximum absolute atomic E-state index is 6.27. The third-order valence-corrected chi connectivity index (χ3v) is 5.92. The van der Waals surface area contributed by atoms with Crippen molar-refractivity contribution in [3.8, 4) is 0 Å². The summed E-state index contributed by atoms with van der Waals surface area (Å²) < 4.78 is 22.7. The van der Waals surface area contributed by atoms with Gasteiger partial charge < -0.3 is 18.9 Å². The summed E-state index contributed by atoms with van der Waals surface area (Å²) in [6, 6.07) is 21.3. The van der Waals surface area contributed by atoms with E-state index in [1.54, 1.807) is 0 Å². The lowest BCUT2D eigenvalue weighted by molar-refractivity contribution is -0.0505. The van der Waals surface area contributed by atoms with Crippen LogP contribution in [0.1, 0.15) is 36.8 Å². The molecule has 1 fully saturated rings. The zero-order chi connectivity index (χ0) is 23.0. The summed E-state index contributed by atoms with van der Waals surface area (Å²) in [5.74, 6) is 0. The summed E-state index contributed by atoms with van der Waals surface area (Å²) in [4.78, 5) is 2.47. The molecule has 0 heterocycles. The molecule has 0 spiro atoms. The molecule has 0 bridgehead atoms. The van der Waals surface area contributed by atoms with E-state index in [2.05, 4.69) is 72.1 Å². The van der Waals surface area contributed by atoms with Gasteiger partial charge in [-0.25, -0.2) is 0 Å². The first kappa shape index (κ1) is 25.4. The third kappa shape index (κ3) is 10.5. The Morgan fingerprint density at radius 2 is 1.21 bits per heavy atom. The minimum atomic E-state index is 0.325. The van der Waals surface area contributed by atoms with E-state index in [-0.39, 0.29) is 0 Å². The predicted octanol–water partition coefficient (Wildman–Crippen LogP) is 5.21. The fraction of sp³-hybridized carbons (Fsp3) is 0.500. The zero-order valence-corrected chi connectivity index (χ0v) is 19.8. The topological polar surface area (TPSA) is 40.2 Å². The molecule has 0 aliphatic heterocycles. The molecule has 0 atom stereocenters. The molecule has 3 rings (SSSR count). The average molecular weight is 454 g/mol. The van der Waals surface area contributed by atoms with Crippen LogP contribution >= 0.6 is 0 Å². The molecule has 0 unspecified atom stereocenters. The van der Waals surface area contributed by atoms with Gasteiger partial charge in [0.2, 0.25) is 0 Å². The van der Waals surface area contributed by atoms with Crippen molar-refractivity contribution in [3.05, 3.63) is 84.6 Å². The SMILES string of the molecule is C=COCCOCCOC1CCC(OCCN(Cc2ccccc2)Cc2ccccc2)CC1. The van der Waals surface area contributed by atoms with Crippen molar-refractivity contribution in [2.75, 3.05) is 39.6 Å². The Kier molecular flexibility index (Phi) is 12.0. The fourth-order valence-corrected chi connectivity index (χ4v) is 4.18. The Morgan fingerprint density at radius 3 is 1.76 bits per heavy atom. The number of rotatable bonds is 16. The van der Waals surface area contributed by atoms with Gasteiger partial charge in [0.25, 0.3) is 0 Å². The van der Waals surface area contributed by atoms with Gasteiger partial charge in [-0.1, -0.05) is 67.2 Å². The van der Waals surface area contributed by atoms with Crippen LogP contribution < -0.4 is 0 Å². The first-order chi connectivity index (χ1) is 16.3. The van der Waals surface area contributed by atoms with E-state index < -0.39 is 0 Å². The lowest BCUT2D eigenvalue weighted by Gasteiger charge is -2.30. The molecule has 0 N–H and O–H groups in total. The molecule has 180 valence electrons. The fourth-order valence-electron chi connectivity index (χ4n) is 4.18. The molecule has 5 nitrogen and oxygen atoms in total. The summed E-state index contributed by atoms with van der Waals surface area (Å²) in [5, 5.41) is 0. The maximum atomic E-state index is 6.27. The van der Waals surface area contributed by atoms with Gasteiger partial charge >= 0.3 is 0 Å². The third-order valence-electron chi connectivity index (χ3n) is 5.92. The highest BCUT2D eigenvalue weighted by Crippen LogP contribution is 2.23. The van der Waals surface area contributed by atoms with Crippen LogP contribution in [0.5, 0.6) is 0 Å². The van der Waals surface area contributed by atoms with Gasteiger partial charge in [-0.3, -0.25) is 4.90 Å². The number of benzene rings is 2. The molecule has 2 aromatic carbocycles. The molecule has 2 aromatic rings. The minimum absolute atomic E-state index is 0.325. The maximum Gasteiger partial charge on any atom is 0.111 e. The molecular weight excluding hydrogens is 414 g/mol. The first-order valence-corrected chi connectivity index (χ1v) is 12.2. The van der Waals surface area contributed by atoms with E-state index in [4.69, 9.17) is 18.9 Å². The van der Waals surface area contributed by atoms with Crippen molar-refractivity contribution in [1.82, 2.24) is 4.90 Å². The van der Waals surface area contributed by atoms with Crippen molar-refractivity contribution in [2.45, 2.75) is 51.0 Å². The van der Waals surface area contributed by atoms with Crippen molar-refractivity contribution in [1.29, 1.82) is 0 Å². The lowest BCUT2D eigenvalue weighted by atomic mass is 9.95. The van der Waals surface area contributed by atoms with E-state index in [0.29, 0.717) is 38.6 Å². The normalized spacial score (nSPS) is 18.3. The molecule has 0 saturated heterocycles. The van der Waals surface area contributed by atoms with Crippen molar-refractivity contribution in [3.63, 3.8) is 0 Å². The molecule has 0 amide bonds. The van der Waals surface area contributed by atoms with Gasteiger partial charge in [0.1, 0.15) is 6.61 Å². The monoisotopic (exact) mass is 453 g/mol. The Hall–Kier alpha value is -2.18. The second-order valence-electron chi connectivity index (χ2n) is 8.47. The van der Waals surface area contributed by atoms with Crippen LogP contribution in [-0.4, -0.2) is 56.7 Å². The van der Waals surface area contributed by atoms with Crippen LogP contribution in [0.3, 0.4) is 0 Å². The van der Waals surface area contributed by atoms with Crippen molar-refractivity contribution in [2.24, 2.45) is 0 Å². The number of hydrogen-bond acceptors (Lipinski definition) is 5. The molecule has 1 aliphatic rings. The number of ether oxygens (including phenoxy) is 4. The Balaban J connectivity index is 1.32. The van der Waals surface area contributed by atoms with Gasteiger partial charge in [0.15, 0.2) is 0 Å². The van der Waals surface area contributed by atoms with Crippen LogP contribution in [-0.2, 0) is 32.0 Å². The molecule has 33 heavy (non-hydrogen) atoms. The van der Waals surface area contributed by atoms with E-state index in [1.807, 2.05) is 0 Å². The van der Waals surface area contributed by atoms with E-state index in [1.165, 1.54) is 17.4 Å². The van der Waals surface area contributed by atoms with E-state index in [0.717, 1.165) is 51.9 Å². The standard InChI is InChI=1S/C28H39NO4/c1-2-30-19-20-31-21-22-33-28-15-13-27(14-16-28)32-18-17-29(23-25-9-5-3-6-10-25)24-26-11-7-4-8-12-26/h2-12,27-28H,1,13-24H2. The summed E-state index contributed by atoms with van der Waals surface area (Å²) >= 11 is 0. The highest BCUT2D eigenvalue weighted by Gasteiger charge is 2.22. The minimum Gasteiger partial charge on any atom is -0.499 e. The summed E-state index contributed by atoms with van der Waals surface area (Å²) in [5.41, 5.74) is 2.67. The number of hydrogen-bond donors (Lipinski definition) is 0. The molecule has 5 heteroatoms. The second kappa shape index (κ2) is 15.6. The highest BCUT2D eigenvalue weighted by molar-refractivity contribution is 5.17. The molecule has 0 radical (unpaired) electrons. The number of nitrogens with zero attached hydrogens (tertiary/aromatic N) is 1. The quantitative estimate of drug-likeness (QED) is 0.258. The van der Waals surface area contributed by atoms with Crippen LogP contribution in [0.2, 0.25) is 0 Å². The molecule has 1 saturated carbocycles. The second-order valence-corrected chi connectivity index (χ2v) is 8.47. The van der Waals surface area contributed by atoms with E-state index in [9.17, 15) is 0 Å². The van der Waals surface area contributed by atoms with Gasteiger partial charge in [0, 0.05) is 19.6 Å². The zero-order valence-electron chi connectivity index (χ0n) is 19.8. The lowest BCUT2D eigenvalue weighted by Crippen LogP contribution is -2.31. The van der Waals surface area contributed by atoms with Crippen LogP contribution in [0.15, 0.2) is 73.5 Å². The smallest absolute Gasteiger partial charge is 0.111 e. The average Bonchev–Trinajstić information content (AvgIpc) is 2.85. The summed E-state index contributed by atoms with van der Waals surface area (Å²) in [6.45, 7) is 9.41. The van der Waals surface area contributed by atoms with Crippen LogP contribution in [0.25, 0.3) is 0 Å². The molecule has 1 aliphatic carbocycles. The van der Waals surface area contributed by atoms with Crippen molar-refractivity contribution < 1.29 is 18.9 Å². The Labute approximate surface area is 199 Å². The summed E-state index contributed by atoms with van der Waals surface area (Å²) in [7, 11) is 0. The Morgan fingerprint density at radius 1 is 0.697 bits per heavy atom. The van der Waals surface area contributed by atoms with Crippen LogP contribution in [0.4, 0.5) is 0 Å². The van der Waals surface area contributed by atoms with Gasteiger partial charge in [0.05, 0.1) is 44.9 Å². The highest BCUT2D eigenvalue weighted by atomic mass is 16.5. The molecular formula is C28H39NO4.